The number of carbonyl (C=O) groups is 2. The van der Waals surface area contributed by atoms with E-state index in [1.807, 2.05) is 12.3 Å². The summed E-state index contributed by atoms with van der Waals surface area (Å²) in [6.07, 6.45) is 14.7. The minimum Gasteiger partial charge on any atom is -0.462 e. The predicted octanol–water partition coefficient (Wildman–Crippen LogP) is 5.46. The van der Waals surface area contributed by atoms with Crippen molar-refractivity contribution in [2.45, 2.75) is 70.2 Å². The minimum atomic E-state index is -0.545. The average molecular weight is 378 g/mol. The fourth-order valence-corrected chi connectivity index (χ4v) is 3.15. The Labute approximate surface area is 161 Å². The molecule has 0 unspecified atom stereocenters. The van der Waals surface area contributed by atoms with Gasteiger partial charge >= 0.3 is 5.97 Å². The molecule has 1 aromatic heterocycles. The number of unbranched alkanes of at least 4 members (excludes halogenated alkanes) is 7. The normalized spacial score (nSPS) is 11.4. The number of ether oxygens (including phenoxy) is 1. The summed E-state index contributed by atoms with van der Waals surface area (Å²) in [7, 11) is 0. The third kappa shape index (κ3) is 8.65. The SMILES string of the molecule is CCCCCCCCCCOC(=O)C(=Cc1cccnc1SC)C(C)=O. The van der Waals surface area contributed by atoms with Crippen molar-refractivity contribution >= 4 is 29.6 Å². The second-order valence-corrected chi connectivity index (χ2v) is 7.12. The smallest absolute Gasteiger partial charge is 0.341 e. The summed E-state index contributed by atoms with van der Waals surface area (Å²) in [5.41, 5.74) is 0.835. The molecule has 26 heavy (non-hydrogen) atoms. The van der Waals surface area contributed by atoms with Crippen LogP contribution in [0.25, 0.3) is 6.08 Å². The maximum Gasteiger partial charge on any atom is 0.341 e. The van der Waals surface area contributed by atoms with Crippen LogP contribution in [0.5, 0.6) is 0 Å². The topological polar surface area (TPSA) is 56.3 Å². The molecular formula is C21H31NO3S. The molecule has 1 rings (SSSR count). The molecule has 0 N–H and O–H groups in total. The van der Waals surface area contributed by atoms with Gasteiger partial charge in [0.1, 0.15) is 10.6 Å². The molecule has 0 fully saturated rings. The third-order valence-electron chi connectivity index (χ3n) is 4.12. The molecule has 0 aliphatic heterocycles. The van der Waals surface area contributed by atoms with Crippen LogP contribution in [0.3, 0.4) is 0 Å². The largest absolute Gasteiger partial charge is 0.462 e. The number of hydrogen-bond acceptors (Lipinski definition) is 5. The van der Waals surface area contributed by atoms with Crippen molar-refractivity contribution in [2.75, 3.05) is 12.9 Å². The van der Waals surface area contributed by atoms with E-state index >= 15 is 0 Å². The molecule has 0 amide bonds. The lowest BCUT2D eigenvalue weighted by Gasteiger charge is -2.07. The van der Waals surface area contributed by atoms with Crippen molar-refractivity contribution in [3.05, 3.63) is 29.5 Å². The van der Waals surface area contributed by atoms with Crippen LogP contribution in [0.15, 0.2) is 28.9 Å². The fraction of sp³-hybridized carbons (Fsp3) is 0.571. The van der Waals surface area contributed by atoms with Gasteiger partial charge in [0.15, 0.2) is 5.78 Å². The van der Waals surface area contributed by atoms with Crippen LogP contribution in [-0.2, 0) is 14.3 Å². The van der Waals surface area contributed by atoms with Crippen molar-refractivity contribution in [3.63, 3.8) is 0 Å². The van der Waals surface area contributed by atoms with Gasteiger partial charge in [0.25, 0.3) is 0 Å². The molecule has 1 heterocycles. The predicted molar refractivity (Wildman–Crippen MR) is 108 cm³/mol. The quantitative estimate of drug-likeness (QED) is 0.114. The number of Topliss-reactive ketones (excluding diaryl/α,β-unsaturated/α-hetero) is 1. The molecule has 0 atom stereocenters. The Morgan fingerprint density at radius 1 is 1.12 bits per heavy atom. The Balaban J connectivity index is 2.44. The zero-order chi connectivity index (χ0) is 19.2. The van der Waals surface area contributed by atoms with Gasteiger partial charge < -0.3 is 4.74 Å². The Hall–Kier alpha value is -1.62. The monoisotopic (exact) mass is 377 g/mol. The van der Waals surface area contributed by atoms with Gasteiger partial charge in [-0.1, -0.05) is 57.9 Å². The summed E-state index contributed by atoms with van der Waals surface area (Å²) >= 11 is 1.48. The molecule has 0 bridgehead atoms. The first-order valence-electron chi connectivity index (χ1n) is 9.49. The summed E-state index contributed by atoms with van der Waals surface area (Å²) in [4.78, 5) is 28.4. The lowest BCUT2D eigenvalue weighted by molar-refractivity contribution is -0.140. The molecule has 0 aliphatic rings. The Morgan fingerprint density at radius 3 is 2.38 bits per heavy atom. The highest BCUT2D eigenvalue weighted by molar-refractivity contribution is 7.98. The van der Waals surface area contributed by atoms with Gasteiger partial charge in [-0.2, -0.15) is 0 Å². The first-order valence-corrected chi connectivity index (χ1v) is 10.7. The summed E-state index contributed by atoms with van der Waals surface area (Å²) in [5, 5.41) is 0.780. The number of esters is 1. The van der Waals surface area contributed by atoms with E-state index in [1.54, 1.807) is 18.3 Å². The van der Waals surface area contributed by atoms with E-state index in [0.717, 1.165) is 23.4 Å². The summed E-state index contributed by atoms with van der Waals surface area (Å²) in [6.45, 7) is 3.97. The number of hydrogen-bond donors (Lipinski definition) is 0. The molecule has 0 spiro atoms. The van der Waals surface area contributed by atoms with Crippen LogP contribution in [0.2, 0.25) is 0 Å². The van der Waals surface area contributed by atoms with Gasteiger partial charge in [-0.05, 0) is 31.7 Å². The molecule has 0 aliphatic carbocycles. The summed E-state index contributed by atoms with van der Waals surface area (Å²) < 4.78 is 5.30. The molecule has 1 aromatic rings. The number of aromatic nitrogens is 1. The molecule has 0 aromatic carbocycles. The van der Waals surface area contributed by atoms with E-state index in [2.05, 4.69) is 11.9 Å². The molecule has 0 saturated heterocycles. The van der Waals surface area contributed by atoms with Crippen molar-refractivity contribution in [2.24, 2.45) is 0 Å². The highest BCUT2D eigenvalue weighted by atomic mass is 32.2. The van der Waals surface area contributed by atoms with Crippen molar-refractivity contribution in [1.82, 2.24) is 4.98 Å². The first-order chi connectivity index (χ1) is 12.6. The number of carbonyl (C=O) groups excluding carboxylic acids is 2. The molecule has 0 radical (unpaired) electrons. The zero-order valence-electron chi connectivity index (χ0n) is 16.3. The van der Waals surface area contributed by atoms with Crippen LogP contribution in [0, 0.1) is 0 Å². The van der Waals surface area contributed by atoms with Gasteiger partial charge in [0, 0.05) is 11.8 Å². The highest BCUT2D eigenvalue weighted by Gasteiger charge is 2.17. The third-order valence-corrected chi connectivity index (χ3v) is 4.85. The number of ketones is 1. The molecule has 0 saturated carbocycles. The zero-order valence-corrected chi connectivity index (χ0v) is 17.1. The maximum atomic E-state index is 12.3. The van der Waals surface area contributed by atoms with Crippen LogP contribution < -0.4 is 0 Å². The molecule has 144 valence electrons. The Morgan fingerprint density at radius 2 is 1.77 bits per heavy atom. The van der Waals surface area contributed by atoms with Gasteiger partial charge in [-0.25, -0.2) is 9.78 Å². The van der Waals surface area contributed by atoms with E-state index in [1.165, 1.54) is 57.2 Å². The van der Waals surface area contributed by atoms with Crippen molar-refractivity contribution in [1.29, 1.82) is 0 Å². The summed E-state index contributed by atoms with van der Waals surface area (Å²) in [5.74, 6) is -0.835. The second kappa shape index (κ2) is 13.6. The highest BCUT2D eigenvalue weighted by Crippen LogP contribution is 2.20. The van der Waals surface area contributed by atoms with Gasteiger partial charge in [0.2, 0.25) is 0 Å². The number of nitrogens with zero attached hydrogens (tertiary/aromatic N) is 1. The molecular weight excluding hydrogens is 346 g/mol. The van der Waals surface area contributed by atoms with Crippen molar-refractivity contribution in [3.8, 4) is 0 Å². The minimum absolute atomic E-state index is 0.0767. The van der Waals surface area contributed by atoms with E-state index in [-0.39, 0.29) is 11.4 Å². The maximum absolute atomic E-state index is 12.3. The average Bonchev–Trinajstić information content (AvgIpc) is 2.64. The van der Waals surface area contributed by atoms with E-state index in [4.69, 9.17) is 4.74 Å². The first kappa shape index (κ1) is 22.4. The van der Waals surface area contributed by atoms with Crippen LogP contribution >= 0.6 is 11.8 Å². The van der Waals surface area contributed by atoms with Crippen molar-refractivity contribution < 1.29 is 14.3 Å². The van der Waals surface area contributed by atoms with E-state index in [9.17, 15) is 9.59 Å². The van der Waals surface area contributed by atoms with E-state index in [0.29, 0.717) is 6.61 Å². The van der Waals surface area contributed by atoms with Gasteiger partial charge in [0.05, 0.1) is 6.61 Å². The van der Waals surface area contributed by atoms with Gasteiger partial charge in [-0.3, -0.25) is 4.79 Å². The lowest BCUT2D eigenvalue weighted by atomic mass is 10.1. The molecule has 5 heteroatoms. The number of thioether (sulfide) groups is 1. The number of rotatable bonds is 13. The van der Waals surface area contributed by atoms with Crippen LogP contribution in [-0.4, -0.2) is 29.6 Å². The Bertz CT molecular complexity index is 599. The van der Waals surface area contributed by atoms with E-state index < -0.39 is 5.97 Å². The Kier molecular flexibility index (Phi) is 11.7. The standard InChI is InChI=1S/C21H31NO3S/c1-4-5-6-7-8-9-10-11-15-25-21(24)19(17(2)23)16-18-13-12-14-22-20(18)26-3/h12-14,16H,4-11,15H2,1-3H3. The molecule has 4 nitrogen and oxygen atoms in total. The second-order valence-electron chi connectivity index (χ2n) is 6.33. The van der Waals surface area contributed by atoms with Crippen LogP contribution in [0.1, 0.15) is 70.8 Å². The van der Waals surface area contributed by atoms with Crippen LogP contribution in [0.4, 0.5) is 0 Å². The summed E-state index contributed by atoms with van der Waals surface area (Å²) in [6, 6.07) is 3.63. The van der Waals surface area contributed by atoms with Gasteiger partial charge in [-0.15, -0.1) is 11.8 Å². The number of pyridine rings is 1. The fourth-order valence-electron chi connectivity index (χ4n) is 2.62. The lowest BCUT2D eigenvalue weighted by Crippen LogP contribution is -2.14.